The molecule has 17 heavy (non-hydrogen) atoms. The zero-order chi connectivity index (χ0) is 13.1. The number of hydrogen-bond acceptors (Lipinski definition) is 6. The molecule has 0 aromatic carbocycles. The van der Waals surface area contributed by atoms with Crippen LogP contribution in [0.5, 0.6) is 0 Å². The quantitative estimate of drug-likeness (QED) is 0.459. The van der Waals surface area contributed by atoms with Gasteiger partial charge in [-0.1, -0.05) is 0 Å². The second-order valence-corrected chi connectivity index (χ2v) is 4.33. The summed E-state index contributed by atoms with van der Waals surface area (Å²) in [5.74, 6) is 0.235. The van der Waals surface area contributed by atoms with Gasteiger partial charge in [0.1, 0.15) is 5.78 Å². The number of ketones is 1. The van der Waals surface area contributed by atoms with E-state index in [0.717, 1.165) is 0 Å². The number of carbonyl (C=O) groups is 3. The van der Waals surface area contributed by atoms with Gasteiger partial charge in [0.2, 0.25) is 0 Å². The highest BCUT2D eigenvalue weighted by Crippen LogP contribution is 2.06. The third-order valence-electron chi connectivity index (χ3n) is 1.85. The van der Waals surface area contributed by atoms with Crippen molar-refractivity contribution in [3.05, 3.63) is 0 Å². The van der Waals surface area contributed by atoms with E-state index in [-0.39, 0.29) is 30.6 Å². The lowest BCUT2D eigenvalue weighted by Crippen LogP contribution is -2.09. The lowest BCUT2D eigenvalue weighted by molar-refractivity contribution is -0.144. The maximum Gasteiger partial charge on any atom is 0.306 e. The van der Waals surface area contributed by atoms with E-state index in [0.29, 0.717) is 24.5 Å². The molecule has 5 nitrogen and oxygen atoms in total. The maximum absolute atomic E-state index is 11.3. The van der Waals surface area contributed by atoms with Crippen molar-refractivity contribution >= 4 is 29.5 Å². The number of carbonyl (C=O) groups excluding carboxylic acids is 3. The molecule has 0 saturated carbocycles. The van der Waals surface area contributed by atoms with E-state index < -0.39 is 0 Å². The van der Waals surface area contributed by atoms with Gasteiger partial charge in [-0.2, -0.15) is 11.8 Å². The highest BCUT2D eigenvalue weighted by Gasteiger charge is 2.08. The Morgan fingerprint density at radius 1 is 1.06 bits per heavy atom. The molecule has 0 N–H and O–H groups in total. The standard InChI is InChI=1S/C11H18O5S/c1-3-16-11(14)5-4-9(12)8-17-7-6-10(13)15-2/h3-8H2,1-2H3. The first-order valence-electron chi connectivity index (χ1n) is 5.42. The third kappa shape index (κ3) is 9.86. The van der Waals surface area contributed by atoms with Gasteiger partial charge in [-0.15, -0.1) is 0 Å². The topological polar surface area (TPSA) is 69.7 Å². The summed E-state index contributed by atoms with van der Waals surface area (Å²) in [6.07, 6.45) is 0.626. The summed E-state index contributed by atoms with van der Waals surface area (Å²) >= 11 is 1.37. The molecule has 0 rings (SSSR count). The van der Waals surface area contributed by atoms with Crippen LogP contribution in [0.3, 0.4) is 0 Å². The Morgan fingerprint density at radius 2 is 1.76 bits per heavy atom. The number of thioether (sulfide) groups is 1. The molecule has 0 bridgehead atoms. The zero-order valence-corrected chi connectivity index (χ0v) is 11.0. The Morgan fingerprint density at radius 3 is 2.35 bits per heavy atom. The molecule has 6 heteroatoms. The smallest absolute Gasteiger partial charge is 0.306 e. The molecule has 0 heterocycles. The molecule has 0 atom stereocenters. The van der Waals surface area contributed by atoms with Crippen molar-refractivity contribution in [3.8, 4) is 0 Å². The van der Waals surface area contributed by atoms with Crippen LogP contribution in [0.1, 0.15) is 26.2 Å². The second-order valence-electron chi connectivity index (χ2n) is 3.22. The summed E-state index contributed by atoms with van der Waals surface area (Å²) in [5, 5.41) is 0. The molecule has 0 aliphatic rings. The molecule has 0 spiro atoms. The Labute approximate surface area is 105 Å². The van der Waals surface area contributed by atoms with E-state index in [4.69, 9.17) is 4.74 Å². The van der Waals surface area contributed by atoms with Crippen molar-refractivity contribution in [2.24, 2.45) is 0 Å². The molecule has 0 saturated heterocycles. The monoisotopic (exact) mass is 262 g/mol. The van der Waals surface area contributed by atoms with Crippen LogP contribution >= 0.6 is 11.8 Å². The summed E-state index contributed by atoms with van der Waals surface area (Å²) in [4.78, 5) is 33.0. The van der Waals surface area contributed by atoms with E-state index in [1.54, 1.807) is 6.92 Å². The van der Waals surface area contributed by atoms with Gasteiger partial charge in [-0.25, -0.2) is 0 Å². The van der Waals surface area contributed by atoms with Gasteiger partial charge >= 0.3 is 11.9 Å². The molecule has 0 aromatic heterocycles. The van der Waals surface area contributed by atoms with Crippen molar-refractivity contribution in [1.29, 1.82) is 0 Å². The zero-order valence-electron chi connectivity index (χ0n) is 10.2. The van der Waals surface area contributed by atoms with E-state index in [1.165, 1.54) is 18.9 Å². The van der Waals surface area contributed by atoms with Gasteiger partial charge in [-0.3, -0.25) is 14.4 Å². The Hall–Kier alpha value is -1.04. The first kappa shape index (κ1) is 16.0. The van der Waals surface area contributed by atoms with Gasteiger partial charge in [0.05, 0.1) is 32.3 Å². The van der Waals surface area contributed by atoms with Crippen molar-refractivity contribution in [1.82, 2.24) is 0 Å². The van der Waals surface area contributed by atoms with Gasteiger partial charge in [0.15, 0.2) is 0 Å². The summed E-state index contributed by atoms with van der Waals surface area (Å²) in [7, 11) is 1.33. The van der Waals surface area contributed by atoms with Crippen molar-refractivity contribution in [2.45, 2.75) is 26.2 Å². The van der Waals surface area contributed by atoms with Crippen LogP contribution in [0, 0.1) is 0 Å². The fraction of sp³-hybridized carbons (Fsp3) is 0.727. The SMILES string of the molecule is CCOC(=O)CCC(=O)CSCCC(=O)OC. The van der Waals surface area contributed by atoms with Crippen LogP contribution < -0.4 is 0 Å². The molecular weight excluding hydrogens is 244 g/mol. The number of hydrogen-bond donors (Lipinski definition) is 0. The summed E-state index contributed by atoms with van der Waals surface area (Å²) < 4.78 is 9.17. The Kier molecular flexibility index (Phi) is 9.52. The molecule has 0 aliphatic heterocycles. The van der Waals surface area contributed by atoms with Crippen LogP contribution in [0.2, 0.25) is 0 Å². The molecule has 0 unspecified atom stereocenters. The highest BCUT2D eigenvalue weighted by molar-refractivity contribution is 7.99. The average Bonchev–Trinajstić information content (AvgIpc) is 2.32. The number of Topliss-reactive ketones (excluding diaryl/α,β-unsaturated/α-hetero) is 1. The molecule has 0 aromatic rings. The molecule has 0 radical (unpaired) electrons. The molecule has 98 valence electrons. The summed E-state index contributed by atoms with van der Waals surface area (Å²) in [6, 6.07) is 0. The predicted molar refractivity (Wildman–Crippen MR) is 64.8 cm³/mol. The van der Waals surface area contributed by atoms with Gasteiger partial charge in [-0.05, 0) is 6.92 Å². The lowest BCUT2D eigenvalue weighted by Gasteiger charge is -2.02. The van der Waals surface area contributed by atoms with Crippen LogP contribution in [0.15, 0.2) is 0 Å². The summed E-state index contributed by atoms with van der Waals surface area (Å²) in [6.45, 7) is 2.06. The Balaban J connectivity index is 3.47. The van der Waals surface area contributed by atoms with Crippen molar-refractivity contribution in [3.63, 3.8) is 0 Å². The molecular formula is C11H18O5S. The fourth-order valence-corrected chi connectivity index (χ4v) is 1.82. The lowest BCUT2D eigenvalue weighted by atomic mass is 10.2. The number of rotatable bonds is 9. The minimum atomic E-state index is -0.347. The molecule has 0 amide bonds. The minimum absolute atomic E-state index is 0.00656. The van der Waals surface area contributed by atoms with Crippen LogP contribution in [0.25, 0.3) is 0 Å². The number of ether oxygens (including phenoxy) is 2. The minimum Gasteiger partial charge on any atom is -0.469 e. The number of methoxy groups -OCH3 is 1. The Bertz CT molecular complexity index is 265. The fourth-order valence-electron chi connectivity index (χ4n) is 0.990. The van der Waals surface area contributed by atoms with E-state index in [1.807, 2.05) is 0 Å². The van der Waals surface area contributed by atoms with Gasteiger partial charge in [0, 0.05) is 12.2 Å². The van der Waals surface area contributed by atoms with Crippen LogP contribution in [-0.4, -0.2) is 42.9 Å². The maximum atomic E-state index is 11.3. The van der Waals surface area contributed by atoms with Crippen molar-refractivity contribution < 1.29 is 23.9 Å². The highest BCUT2D eigenvalue weighted by atomic mass is 32.2. The van der Waals surface area contributed by atoms with Gasteiger partial charge < -0.3 is 9.47 Å². The number of esters is 2. The second kappa shape index (κ2) is 10.1. The van der Waals surface area contributed by atoms with Crippen LogP contribution in [-0.2, 0) is 23.9 Å². The van der Waals surface area contributed by atoms with Gasteiger partial charge in [0.25, 0.3) is 0 Å². The third-order valence-corrected chi connectivity index (χ3v) is 2.87. The first-order chi connectivity index (χ1) is 8.10. The largest absolute Gasteiger partial charge is 0.469 e. The molecule has 0 aliphatic carbocycles. The predicted octanol–water partition coefficient (Wildman–Crippen LogP) is 1.20. The molecule has 0 fully saturated rings. The van der Waals surface area contributed by atoms with Crippen LogP contribution in [0.4, 0.5) is 0 Å². The van der Waals surface area contributed by atoms with E-state index in [2.05, 4.69) is 4.74 Å². The van der Waals surface area contributed by atoms with E-state index >= 15 is 0 Å². The van der Waals surface area contributed by atoms with E-state index in [9.17, 15) is 14.4 Å². The average molecular weight is 262 g/mol. The summed E-state index contributed by atoms with van der Waals surface area (Å²) in [5.41, 5.74) is 0. The first-order valence-corrected chi connectivity index (χ1v) is 6.57. The normalized spacial score (nSPS) is 9.76. The van der Waals surface area contributed by atoms with Crippen molar-refractivity contribution in [2.75, 3.05) is 25.2 Å².